The molecule has 0 aliphatic carbocycles. The number of piperidine rings is 1. The fourth-order valence-corrected chi connectivity index (χ4v) is 3.34. The summed E-state index contributed by atoms with van der Waals surface area (Å²) in [7, 11) is 1.70. The van der Waals surface area contributed by atoms with Gasteiger partial charge in [-0.25, -0.2) is 0 Å². The van der Waals surface area contributed by atoms with Crippen molar-refractivity contribution in [3.05, 3.63) is 29.8 Å². The second kappa shape index (κ2) is 11.1. The van der Waals surface area contributed by atoms with E-state index in [0.29, 0.717) is 12.1 Å². The number of nitrogens with one attached hydrogen (secondary N) is 2. The van der Waals surface area contributed by atoms with Crippen LogP contribution in [-0.2, 0) is 6.42 Å². The highest BCUT2D eigenvalue weighted by Crippen LogP contribution is 2.13. The topological polar surface area (TPSA) is 48.9 Å². The first-order valence-corrected chi connectivity index (χ1v) is 10.0. The Balaban J connectivity index is 1.75. The van der Waals surface area contributed by atoms with Crippen molar-refractivity contribution in [2.75, 3.05) is 33.3 Å². The number of hydrogen-bond donors (Lipinski definition) is 2. The molecule has 0 amide bonds. The molecule has 0 atom stereocenters. The Hall–Kier alpha value is -1.75. The summed E-state index contributed by atoms with van der Waals surface area (Å²) in [5, 5.41) is 7.01. The van der Waals surface area contributed by atoms with Gasteiger partial charge in [0.15, 0.2) is 5.96 Å². The number of ether oxygens (including phenoxy) is 1. The average molecular weight is 361 g/mol. The molecular weight excluding hydrogens is 324 g/mol. The van der Waals surface area contributed by atoms with Crippen molar-refractivity contribution in [3.63, 3.8) is 0 Å². The van der Waals surface area contributed by atoms with Crippen LogP contribution in [0.1, 0.15) is 45.6 Å². The fraction of sp³-hybridized carbons (Fsp3) is 0.667. The minimum Gasteiger partial charge on any atom is -0.497 e. The van der Waals surface area contributed by atoms with Crippen molar-refractivity contribution in [2.45, 2.75) is 58.5 Å². The van der Waals surface area contributed by atoms with Crippen molar-refractivity contribution in [2.24, 2.45) is 4.99 Å². The number of likely N-dealkylation sites (tertiary alicyclic amines) is 1. The van der Waals surface area contributed by atoms with E-state index in [1.54, 1.807) is 7.11 Å². The number of benzene rings is 1. The summed E-state index contributed by atoms with van der Waals surface area (Å²) in [5.41, 5.74) is 1.33. The van der Waals surface area contributed by atoms with Gasteiger partial charge in [-0.1, -0.05) is 12.1 Å². The van der Waals surface area contributed by atoms with E-state index in [9.17, 15) is 0 Å². The van der Waals surface area contributed by atoms with Gasteiger partial charge in [0.1, 0.15) is 5.75 Å². The molecule has 1 aromatic carbocycles. The lowest BCUT2D eigenvalue weighted by atomic mass is 10.0. The van der Waals surface area contributed by atoms with Gasteiger partial charge in [-0.15, -0.1) is 0 Å². The molecular formula is C21H36N4O. The van der Waals surface area contributed by atoms with E-state index >= 15 is 0 Å². The summed E-state index contributed by atoms with van der Waals surface area (Å²) in [6.07, 6.45) is 4.47. The van der Waals surface area contributed by atoms with E-state index in [4.69, 9.17) is 9.73 Å². The quantitative estimate of drug-likeness (QED) is 0.425. The van der Waals surface area contributed by atoms with Gasteiger partial charge < -0.3 is 20.3 Å². The van der Waals surface area contributed by atoms with Crippen molar-refractivity contribution in [1.82, 2.24) is 15.5 Å². The van der Waals surface area contributed by atoms with Crippen LogP contribution in [0.25, 0.3) is 0 Å². The molecule has 2 N–H and O–H groups in total. The number of aliphatic imine (C=N–C) groups is 1. The Morgan fingerprint density at radius 1 is 1.23 bits per heavy atom. The van der Waals surface area contributed by atoms with Crippen molar-refractivity contribution >= 4 is 5.96 Å². The highest BCUT2D eigenvalue weighted by atomic mass is 16.5. The molecule has 5 nitrogen and oxygen atoms in total. The predicted molar refractivity (Wildman–Crippen MR) is 110 cm³/mol. The number of hydrogen-bond acceptors (Lipinski definition) is 3. The molecule has 0 radical (unpaired) electrons. The third-order valence-electron chi connectivity index (χ3n) is 5.00. The summed E-state index contributed by atoms with van der Waals surface area (Å²) in [4.78, 5) is 7.32. The minimum atomic E-state index is 0.532. The summed E-state index contributed by atoms with van der Waals surface area (Å²) in [6.45, 7) is 10.8. The Morgan fingerprint density at radius 2 is 1.92 bits per heavy atom. The summed E-state index contributed by atoms with van der Waals surface area (Å²) in [5.74, 6) is 1.87. The largest absolute Gasteiger partial charge is 0.497 e. The van der Waals surface area contributed by atoms with E-state index in [0.717, 1.165) is 37.6 Å². The lowest BCUT2D eigenvalue weighted by Crippen LogP contribution is -2.49. The van der Waals surface area contributed by atoms with E-state index < -0.39 is 0 Å². The molecule has 5 heteroatoms. The van der Waals surface area contributed by atoms with Crippen molar-refractivity contribution in [1.29, 1.82) is 0 Å². The SMILES string of the molecule is CCNC(=NCCCc1ccc(OC)cc1)NC1CCN(C(C)C)CC1. The molecule has 1 aliphatic rings. The van der Waals surface area contributed by atoms with E-state index in [1.165, 1.54) is 31.5 Å². The third kappa shape index (κ3) is 6.87. The number of methoxy groups -OCH3 is 1. The number of aryl methyl sites for hydroxylation is 1. The van der Waals surface area contributed by atoms with Crippen LogP contribution in [0.5, 0.6) is 5.75 Å². The maximum Gasteiger partial charge on any atom is 0.191 e. The molecule has 1 aliphatic heterocycles. The average Bonchev–Trinajstić information content (AvgIpc) is 2.66. The van der Waals surface area contributed by atoms with Crippen molar-refractivity contribution in [3.8, 4) is 5.75 Å². The molecule has 0 unspecified atom stereocenters. The molecule has 146 valence electrons. The molecule has 0 bridgehead atoms. The first-order chi connectivity index (χ1) is 12.6. The van der Waals surface area contributed by atoms with Gasteiger partial charge in [0.2, 0.25) is 0 Å². The summed E-state index contributed by atoms with van der Waals surface area (Å²) >= 11 is 0. The maximum absolute atomic E-state index is 5.20. The van der Waals surface area contributed by atoms with Crippen LogP contribution in [0.15, 0.2) is 29.3 Å². The molecule has 1 aromatic rings. The van der Waals surface area contributed by atoms with Crippen LogP contribution in [0, 0.1) is 0 Å². The van der Waals surface area contributed by atoms with E-state index in [1.807, 2.05) is 12.1 Å². The van der Waals surface area contributed by atoms with Gasteiger partial charge in [0.25, 0.3) is 0 Å². The van der Waals surface area contributed by atoms with Crippen LogP contribution in [-0.4, -0.2) is 56.2 Å². The minimum absolute atomic E-state index is 0.532. The van der Waals surface area contributed by atoms with Crippen LogP contribution in [0.2, 0.25) is 0 Å². The normalized spacial score (nSPS) is 16.7. The third-order valence-corrected chi connectivity index (χ3v) is 5.00. The number of rotatable bonds is 8. The highest BCUT2D eigenvalue weighted by molar-refractivity contribution is 5.80. The van der Waals surface area contributed by atoms with Gasteiger partial charge in [-0.3, -0.25) is 4.99 Å². The van der Waals surface area contributed by atoms with E-state index in [2.05, 4.69) is 48.4 Å². The lowest BCUT2D eigenvalue weighted by molar-refractivity contribution is 0.167. The van der Waals surface area contributed by atoms with Crippen molar-refractivity contribution < 1.29 is 4.74 Å². The summed E-state index contributed by atoms with van der Waals surface area (Å²) < 4.78 is 5.20. The summed E-state index contributed by atoms with van der Waals surface area (Å²) in [6, 6.07) is 9.49. The van der Waals surface area contributed by atoms with Gasteiger partial charge in [0.05, 0.1) is 7.11 Å². The lowest BCUT2D eigenvalue weighted by Gasteiger charge is -2.35. The van der Waals surface area contributed by atoms with Gasteiger partial charge in [0, 0.05) is 38.3 Å². The smallest absolute Gasteiger partial charge is 0.191 e. The van der Waals surface area contributed by atoms with Crippen LogP contribution < -0.4 is 15.4 Å². The van der Waals surface area contributed by atoms with Crippen LogP contribution in [0.4, 0.5) is 0 Å². The number of nitrogens with zero attached hydrogens (tertiary/aromatic N) is 2. The molecule has 0 aromatic heterocycles. The van der Waals surface area contributed by atoms with Gasteiger partial charge in [-0.05, 0) is 64.2 Å². The zero-order valence-electron chi connectivity index (χ0n) is 16.9. The standard InChI is InChI=1S/C21H36N4O/c1-5-22-21(24-19-12-15-25(16-13-19)17(2)3)23-14-6-7-18-8-10-20(26-4)11-9-18/h8-11,17,19H,5-7,12-16H2,1-4H3,(H2,22,23,24). The highest BCUT2D eigenvalue weighted by Gasteiger charge is 2.21. The zero-order chi connectivity index (χ0) is 18.8. The number of guanidine groups is 1. The zero-order valence-corrected chi connectivity index (χ0v) is 16.9. The van der Waals surface area contributed by atoms with Gasteiger partial charge in [-0.2, -0.15) is 0 Å². The molecule has 26 heavy (non-hydrogen) atoms. The Morgan fingerprint density at radius 3 is 2.50 bits per heavy atom. The van der Waals surface area contributed by atoms with Crippen LogP contribution >= 0.6 is 0 Å². The predicted octanol–water partition coefficient (Wildman–Crippen LogP) is 3.06. The fourth-order valence-electron chi connectivity index (χ4n) is 3.34. The molecule has 0 spiro atoms. The van der Waals surface area contributed by atoms with Gasteiger partial charge >= 0.3 is 0 Å². The monoisotopic (exact) mass is 360 g/mol. The first-order valence-electron chi connectivity index (χ1n) is 10.0. The second-order valence-electron chi connectivity index (χ2n) is 7.26. The Bertz CT molecular complexity index is 533. The first kappa shape index (κ1) is 20.6. The maximum atomic E-state index is 5.20. The molecule has 1 fully saturated rings. The molecule has 0 saturated carbocycles. The second-order valence-corrected chi connectivity index (χ2v) is 7.26. The molecule has 1 saturated heterocycles. The molecule has 2 rings (SSSR count). The van der Waals surface area contributed by atoms with Crippen LogP contribution in [0.3, 0.4) is 0 Å². The molecule has 1 heterocycles. The van der Waals surface area contributed by atoms with E-state index in [-0.39, 0.29) is 0 Å². The Kier molecular flexibility index (Phi) is 8.75. The Labute approximate surface area is 159 Å².